The molecule has 0 spiro atoms. The van der Waals surface area contributed by atoms with Crippen LogP contribution in [0.3, 0.4) is 0 Å². The van der Waals surface area contributed by atoms with Gasteiger partial charge in [0.15, 0.2) is 11.6 Å². The Bertz CT molecular complexity index is 906. The smallest absolute Gasteiger partial charge is 0.261 e. The van der Waals surface area contributed by atoms with Crippen molar-refractivity contribution >= 4 is 71.6 Å². The fraction of sp³-hybridized carbons (Fsp3) is 0.333. The molecule has 0 bridgehead atoms. The molecule has 4 rings (SSSR count). The average Bonchev–Trinajstić information content (AvgIpc) is 3.47. The van der Waals surface area contributed by atoms with Gasteiger partial charge in [-0.25, -0.2) is 4.98 Å². The number of hydrogen-bond acceptors (Lipinski definition) is 7. The molecule has 3 aromatic heterocycles. The molecule has 0 radical (unpaired) electrons. The quantitative estimate of drug-likeness (QED) is 0.455. The van der Waals surface area contributed by atoms with Gasteiger partial charge in [-0.1, -0.05) is 12.1 Å². The summed E-state index contributed by atoms with van der Waals surface area (Å²) in [6.45, 7) is 5.76. The van der Waals surface area contributed by atoms with Crippen molar-refractivity contribution in [3.05, 3.63) is 63.1 Å². The predicted molar refractivity (Wildman–Crippen MR) is 140 cm³/mol. The Labute approximate surface area is 215 Å². The molecule has 4 heterocycles. The maximum absolute atomic E-state index is 12.0. The van der Waals surface area contributed by atoms with Crippen molar-refractivity contribution in [2.24, 2.45) is 0 Å². The second-order valence-corrected chi connectivity index (χ2v) is 8.74. The fourth-order valence-corrected chi connectivity index (χ4v) is 4.54. The molecule has 1 fully saturated rings. The van der Waals surface area contributed by atoms with Crippen LogP contribution in [0.4, 0.5) is 5.82 Å². The van der Waals surface area contributed by atoms with Gasteiger partial charge in [-0.15, -0.1) is 59.9 Å². The molecule has 1 aliphatic heterocycles. The van der Waals surface area contributed by atoms with E-state index in [2.05, 4.69) is 31.5 Å². The number of ether oxygens (including phenoxy) is 1. The SMILES string of the molecule is Cl.Cl.Cl.O=C(NCCN1CCN(c2ncccc2OCc2cccs2)CC1)c1cccs1. The first-order valence-corrected chi connectivity index (χ1v) is 11.4. The summed E-state index contributed by atoms with van der Waals surface area (Å²) in [6.07, 6.45) is 1.82. The monoisotopic (exact) mass is 536 g/mol. The molecule has 6 nitrogen and oxygen atoms in total. The van der Waals surface area contributed by atoms with E-state index in [0.717, 1.165) is 49.2 Å². The van der Waals surface area contributed by atoms with E-state index in [1.807, 2.05) is 41.9 Å². The molecule has 11 heteroatoms. The molecule has 32 heavy (non-hydrogen) atoms. The van der Waals surface area contributed by atoms with Gasteiger partial charge in [-0.05, 0) is 35.0 Å². The fourth-order valence-electron chi connectivity index (χ4n) is 3.28. The van der Waals surface area contributed by atoms with Crippen LogP contribution < -0.4 is 15.0 Å². The van der Waals surface area contributed by atoms with Gasteiger partial charge in [-0.3, -0.25) is 9.69 Å². The van der Waals surface area contributed by atoms with Crippen molar-refractivity contribution in [1.82, 2.24) is 15.2 Å². The number of nitrogens with one attached hydrogen (secondary N) is 1. The molecule has 1 amide bonds. The minimum Gasteiger partial charge on any atom is -0.484 e. The predicted octanol–water partition coefficient (Wildman–Crippen LogP) is 4.60. The lowest BCUT2D eigenvalue weighted by Gasteiger charge is -2.35. The summed E-state index contributed by atoms with van der Waals surface area (Å²) in [5.41, 5.74) is 0. The Hall–Kier alpha value is -1.55. The van der Waals surface area contributed by atoms with Crippen molar-refractivity contribution in [2.75, 3.05) is 44.2 Å². The number of nitrogens with zero attached hydrogens (tertiary/aromatic N) is 3. The Morgan fingerprint density at radius 3 is 2.44 bits per heavy atom. The van der Waals surface area contributed by atoms with E-state index in [1.165, 1.54) is 16.2 Å². The minimum absolute atomic E-state index is 0. The molecule has 0 aromatic carbocycles. The number of halogens is 3. The summed E-state index contributed by atoms with van der Waals surface area (Å²) < 4.78 is 6.03. The summed E-state index contributed by atoms with van der Waals surface area (Å²) in [5.74, 6) is 1.76. The van der Waals surface area contributed by atoms with Gasteiger partial charge in [0.1, 0.15) is 6.61 Å². The van der Waals surface area contributed by atoms with Crippen molar-refractivity contribution in [1.29, 1.82) is 0 Å². The highest BCUT2D eigenvalue weighted by Gasteiger charge is 2.21. The number of piperazine rings is 1. The minimum atomic E-state index is 0. The molecule has 0 unspecified atom stereocenters. The van der Waals surface area contributed by atoms with Crippen LogP contribution in [0.2, 0.25) is 0 Å². The van der Waals surface area contributed by atoms with Gasteiger partial charge in [0.05, 0.1) is 4.88 Å². The van der Waals surface area contributed by atoms with Crippen LogP contribution in [-0.4, -0.2) is 55.1 Å². The Balaban J connectivity index is 0.00000171. The maximum Gasteiger partial charge on any atom is 0.261 e. The Morgan fingerprint density at radius 2 is 1.75 bits per heavy atom. The van der Waals surface area contributed by atoms with Crippen LogP contribution in [0, 0.1) is 0 Å². The summed E-state index contributed by atoms with van der Waals surface area (Å²) >= 11 is 3.17. The van der Waals surface area contributed by atoms with E-state index >= 15 is 0 Å². The molecule has 3 aromatic rings. The van der Waals surface area contributed by atoms with E-state index in [9.17, 15) is 4.79 Å². The highest BCUT2D eigenvalue weighted by molar-refractivity contribution is 7.12. The number of hydrogen-bond donors (Lipinski definition) is 1. The standard InChI is InChI=1S/C21H24N4O2S2.3ClH/c26-21(19-6-3-15-29-19)23-8-9-24-10-12-25(13-11-24)20-18(5-1-7-22-20)27-16-17-4-2-14-28-17;;;/h1-7,14-15H,8-13,16H2,(H,23,26);3*1H. The van der Waals surface area contributed by atoms with Crippen LogP contribution in [0.5, 0.6) is 5.75 Å². The van der Waals surface area contributed by atoms with E-state index in [0.29, 0.717) is 13.2 Å². The van der Waals surface area contributed by atoms with Gasteiger partial charge >= 0.3 is 0 Å². The highest BCUT2D eigenvalue weighted by atomic mass is 35.5. The molecule has 0 saturated carbocycles. The van der Waals surface area contributed by atoms with Crippen molar-refractivity contribution in [2.45, 2.75) is 6.61 Å². The van der Waals surface area contributed by atoms with Crippen LogP contribution in [-0.2, 0) is 6.61 Å². The van der Waals surface area contributed by atoms with E-state index in [1.54, 1.807) is 11.3 Å². The number of thiophene rings is 2. The van der Waals surface area contributed by atoms with Crippen molar-refractivity contribution in [3.63, 3.8) is 0 Å². The van der Waals surface area contributed by atoms with Gasteiger partial charge in [0.2, 0.25) is 0 Å². The maximum atomic E-state index is 12.0. The first kappa shape index (κ1) is 28.5. The topological polar surface area (TPSA) is 57.7 Å². The van der Waals surface area contributed by atoms with Crippen molar-refractivity contribution < 1.29 is 9.53 Å². The third-order valence-electron chi connectivity index (χ3n) is 4.83. The molecule has 1 aliphatic rings. The summed E-state index contributed by atoms with van der Waals surface area (Å²) in [7, 11) is 0. The van der Waals surface area contributed by atoms with Gasteiger partial charge in [-0.2, -0.15) is 0 Å². The molecule has 1 saturated heterocycles. The largest absolute Gasteiger partial charge is 0.484 e. The summed E-state index contributed by atoms with van der Waals surface area (Å²) in [4.78, 5) is 23.2. The second-order valence-electron chi connectivity index (χ2n) is 6.76. The van der Waals surface area contributed by atoms with Crippen LogP contribution >= 0.6 is 59.9 Å². The van der Waals surface area contributed by atoms with E-state index in [4.69, 9.17) is 4.74 Å². The zero-order chi connectivity index (χ0) is 19.9. The molecular formula is C21H27Cl3N4O2S2. The number of amides is 1. The lowest BCUT2D eigenvalue weighted by atomic mass is 10.3. The lowest BCUT2D eigenvalue weighted by molar-refractivity contribution is 0.0952. The normalized spacial score (nSPS) is 13.3. The first-order chi connectivity index (χ1) is 14.3. The Morgan fingerprint density at radius 1 is 1.00 bits per heavy atom. The van der Waals surface area contributed by atoms with Gasteiger partial charge in [0, 0.05) is 50.3 Å². The molecule has 0 atom stereocenters. The van der Waals surface area contributed by atoms with Gasteiger partial charge in [0.25, 0.3) is 5.91 Å². The number of carbonyl (C=O) groups is 1. The zero-order valence-electron chi connectivity index (χ0n) is 17.3. The van der Waals surface area contributed by atoms with Crippen LogP contribution in [0.15, 0.2) is 53.4 Å². The van der Waals surface area contributed by atoms with Crippen LogP contribution in [0.1, 0.15) is 14.5 Å². The zero-order valence-corrected chi connectivity index (χ0v) is 21.4. The molecule has 0 aliphatic carbocycles. The third kappa shape index (κ3) is 7.79. The average molecular weight is 538 g/mol. The van der Waals surface area contributed by atoms with Crippen molar-refractivity contribution in [3.8, 4) is 5.75 Å². The third-order valence-corrected chi connectivity index (χ3v) is 6.55. The lowest BCUT2D eigenvalue weighted by Crippen LogP contribution is -2.48. The van der Waals surface area contributed by atoms with E-state index in [-0.39, 0.29) is 43.1 Å². The first-order valence-electron chi connectivity index (χ1n) is 9.69. The summed E-state index contributed by atoms with van der Waals surface area (Å²) in [5, 5.41) is 6.98. The molecule has 176 valence electrons. The van der Waals surface area contributed by atoms with E-state index < -0.39 is 0 Å². The highest BCUT2D eigenvalue weighted by Crippen LogP contribution is 2.27. The van der Waals surface area contributed by atoms with Crippen LogP contribution in [0.25, 0.3) is 0 Å². The number of anilines is 1. The molecule has 1 N–H and O–H groups in total. The number of pyridine rings is 1. The number of carbonyl (C=O) groups excluding carboxylic acids is 1. The van der Waals surface area contributed by atoms with Gasteiger partial charge < -0.3 is 15.0 Å². The summed E-state index contributed by atoms with van der Waals surface area (Å²) in [6, 6.07) is 11.8. The Kier molecular flexibility index (Phi) is 13.0. The molecular weight excluding hydrogens is 511 g/mol. The number of aromatic nitrogens is 1. The second kappa shape index (κ2) is 14.6. The number of rotatable bonds is 8.